The van der Waals surface area contributed by atoms with Gasteiger partial charge in [0.1, 0.15) is 18.0 Å². The van der Waals surface area contributed by atoms with Crippen LogP contribution in [0.2, 0.25) is 0 Å². The second-order valence-electron chi connectivity index (χ2n) is 14.6. The molecule has 1 heterocycles. The Morgan fingerprint density at radius 2 is 1.57 bits per heavy atom. The van der Waals surface area contributed by atoms with Gasteiger partial charge in [-0.3, -0.25) is 9.69 Å². The molecule has 276 valence electrons. The average molecular weight is 722 g/mol. The first-order valence-electron chi connectivity index (χ1n) is 17.7. The highest BCUT2D eigenvalue weighted by Crippen LogP contribution is 2.32. The number of nitrogens with one attached hydrogen (secondary N) is 2. The third kappa shape index (κ3) is 11.5. The molecule has 1 aliphatic heterocycles. The Morgan fingerprint density at radius 3 is 2.25 bits per heavy atom. The van der Waals surface area contributed by atoms with E-state index in [-0.39, 0.29) is 23.8 Å². The number of amides is 2. The molecule has 1 saturated heterocycles. The monoisotopic (exact) mass is 721 g/mol. The summed E-state index contributed by atoms with van der Waals surface area (Å²) in [6.45, 7) is 7.34. The summed E-state index contributed by atoms with van der Waals surface area (Å²) in [5, 5.41) is 28.5. The SMILES string of the molecule is CC(C)(C)OC(=O)N[C@@H](Cc1ccccc1)[C@@H](O)C[C@@H](Cc1ccc(OCCN2CCS(=O)(=O)CC2)cc1)C(=O)NC1c2ccccc2C[C@H]1O. The van der Waals surface area contributed by atoms with Crippen LogP contribution in [0, 0.1) is 5.92 Å². The Labute approximate surface area is 301 Å². The van der Waals surface area contributed by atoms with Crippen LogP contribution in [-0.2, 0) is 38.6 Å². The minimum Gasteiger partial charge on any atom is -0.492 e. The minimum atomic E-state index is -2.94. The molecule has 1 aliphatic carbocycles. The van der Waals surface area contributed by atoms with Crippen LogP contribution in [0.25, 0.3) is 0 Å². The second-order valence-corrected chi connectivity index (χ2v) is 16.9. The summed E-state index contributed by atoms with van der Waals surface area (Å²) >= 11 is 0. The maximum atomic E-state index is 14.1. The number of alkyl carbamates (subject to hydrolysis) is 1. The fourth-order valence-corrected chi connectivity index (χ4v) is 7.92. The van der Waals surface area contributed by atoms with Crippen LogP contribution in [0.5, 0.6) is 5.75 Å². The summed E-state index contributed by atoms with van der Waals surface area (Å²) < 4.78 is 34.9. The third-order valence-corrected chi connectivity index (χ3v) is 11.0. The number of hydrogen-bond acceptors (Lipinski definition) is 9. The Kier molecular flexibility index (Phi) is 12.8. The lowest BCUT2D eigenvalue weighted by Gasteiger charge is -2.30. The quantitative estimate of drug-likeness (QED) is 0.196. The number of aliphatic hydroxyl groups is 2. The molecule has 0 aromatic heterocycles. The van der Waals surface area contributed by atoms with Crippen molar-refractivity contribution in [2.24, 2.45) is 5.92 Å². The maximum Gasteiger partial charge on any atom is 0.407 e. The van der Waals surface area contributed by atoms with Crippen molar-refractivity contribution in [2.45, 2.75) is 76.3 Å². The normalized spacial score (nSPS) is 20.4. The first-order chi connectivity index (χ1) is 24.2. The molecule has 5 rings (SSSR count). The second kappa shape index (κ2) is 17.0. The van der Waals surface area contributed by atoms with E-state index >= 15 is 0 Å². The maximum absolute atomic E-state index is 14.1. The predicted molar refractivity (Wildman–Crippen MR) is 195 cm³/mol. The average Bonchev–Trinajstić information content (AvgIpc) is 3.39. The first-order valence-corrected chi connectivity index (χ1v) is 19.5. The third-order valence-electron chi connectivity index (χ3n) is 9.38. The van der Waals surface area contributed by atoms with Gasteiger partial charge in [0.2, 0.25) is 5.91 Å². The van der Waals surface area contributed by atoms with Gasteiger partial charge in [-0.05, 0) is 74.4 Å². The molecular formula is C39H51N3O8S. The highest BCUT2D eigenvalue weighted by Gasteiger charge is 2.35. The zero-order valence-electron chi connectivity index (χ0n) is 29.7. The van der Waals surface area contributed by atoms with Crippen LogP contribution >= 0.6 is 0 Å². The number of benzene rings is 3. The predicted octanol–water partition coefficient (Wildman–Crippen LogP) is 3.62. The molecule has 0 bridgehead atoms. The minimum absolute atomic E-state index is 0.0351. The van der Waals surface area contributed by atoms with Crippen molar-refractivity contribution in [1.29, 1.82) is 0 Å². The number of aliphatic hydroxyl groups excluding tert-OH is 2. The molecule has 1 unspecified atom stereocenters. The van der Waals surface area contributed by atoms with E-state index in [4.69, 9.17) is 9.47 Å². The van der Waals surface area contributed by atoms with Gasteiger partial charge < -0.3 is 30.3 Å². The number of hydrogen-bond donors (Lipinski definition) is 4. The van der Waals surface area contributed by atoms with Gasteiger partial charge in [-0.25, -0.2) is 13.2 Å². The number of rotatable bonds is 14. The number of carbonyl (C=O) groups excluding carboxylic acids is 2. The number of carbonyl (C=O) groups is 2. The lowest BCUT2D eigenvalue weighted by atomic mass is 9.88. The molecule has 0 radical (unpaired) electrons. The standard InChI is InChI=1S/C39H51N3O8S/c1-39(2,3)50-38(46)40-33(24-27-9-5-4-6-10-27)34(43)26-30(37(45)41-36-32-12-8-7-11-29(32)25-35(36)44)23-28-13-15-31(16-14-28)49-20-17-42-18-21-51(47,48)22-19-42/h4-16,30,33-36,43-44H,17-26H2,1-3H3,(H,40,46)(H,41,45)/t30-,33+,34+,35-,36?/m1/s1. The molecule has 1 fully saturated rings. The van der Waals surface area contributed by atoms with E-state index in [1.165, 1.54) is 0 Å². The summed E-state index contributed by atoms with van der Waals surface area (Å²) in [5.41, 5.74) is 2.88. The van der Waals surface area contributed by atoms with Crippen molar-refractivity contribution in [3.63, 3.8) is 0 Å². The number of fused-ring (bicyclic) bond motifs is 1. The van der Waals surface area contributed by atoms with Gasteiger partial charge in [-0.1, -0.05) is 66.7 Å². The smallest absolute Gasteiger partial charge is 0.407 e. The molecule has 2 aliphatic rings. The Morgan fingerprint density at radius 1 is 0.922 bits per heavy atom. The fourth-order valence-electron chi connectivity index (χ4n) is 6.64. The van der Waals surface area contributed by atoms with E-state index < -0.39 is 51.7 Å². The molecule has 51 heavy (non-hydrogen) atoms. The van der Waals surface area contributed by atoms with Crippen molar-refractivity contribution in [1.82, 2.24) is 15.5 Å². The Balaban J connectivity index is 1.29. The van der Waals surface area contributed by atoms with Crippen molar-refractivity contribution < 1.29 is 37.7 Å². The van der Waals surface area contributed by atoms with Crippen LogP contribution in [0.15, 0.2) is 78.9 Å². The van der Waals surface area contributed by atoms with Crippen LogP contribution in [0.3, 0.4) is 0 Å². The molecule has 5 atom stereocenters. The van der Waals surface area contributed by atoms with Gasteiger partial charge in [0, 0.05) is 32.0 Å². The Hall–Kier alpha value is -3.97. The zero-order valence-corrected chi connectivity index (χ0v) is 30.5. The molecule has 0 saturated carbocycles. The van der Waals surface area contributed by atoms with Crippen molar-refractivity contribution in [3.05, 3.63) is 101 Å². The molecule has 0 spiro atoms. The summed E-state index contributed by atoms with van der Waals surface area (Å²) in [5.74, 6) is -0.0298. The highest BCUT2D eigenvalue weighted by atomic mass is 32.2. The first kappa shape index (κ1) is 38.3. The van der Waals surface area contributed by atoms with Gasteiger partial charge in [-0.15, -0.1) is 0 Å². The fraction of sp³-hybridized carbons (Fsp3) is 0.487. The molecule has 3 aromatic carbocycles. The summed E-state index contributed by atoms with van der Waals surface area (Å²) in [6, 6.07) is 23.3. The van der Waals surface area contributed by atoms with Gasteiger partial charge >= 0.3 is 6.09 Å². The van der Waals surface area contributed by atoms with Gasteiger partial charge in [0.25, 0.3) is 0 Å². The van der Waals surface area contributed by atoms with E-state index in [2.05, 4.69) is 15.5 Å². The Bertz CT molecular complexity index is 1700. The molecular weight excluding hydrogens is 671 g/mol. The van der Waals surface area contributed by atoms with Crippen molar-refractivity contribution in [3.8, 4) is 5.75 Å². The number of nitrogens with zero attached hydrogens (tertiary/aromatic N) is 1. The van der Waals surface area contributed by atoms with Crippen LogP contribution in [-0.4, -0.2) is 97.1 Å². The summed E-state index contributed by atoms with van der Waals surface area (Å²) in [7, 11) is -2.94. The van der Waals surface area contributed by atoms with Crippen LogP contribution in [0.4, 0.5) is 4.79 Å². The number of sulfone groups is 1. The molecule has 3 aromatic rings. The van der Waals surface area contributed by atoms with Gasteiger partial charge in [0.05, 0.1) is 35.8 Å². The van der Waals surface area contributed by atoms with E-state index in [1.807, 2.05) is 78.9 Å². The van der Waals surface area contributed by atoms with Crippen LogP contribution in [0.1, 0.15) is 55.5 Å². The molecule has 2 amide bonds. The van der Waals surface area contributed by atoms with Gasteiger partial charge in [0.15, 0.2) is 9.84 Å². The van der Waals surface area contributed by atoms with Crippen molar-refractivity contribution >= 4 is 21.8 Å². The van der Waals surface area contributed by atoms with Crippen LogP contribution < -0.4 is 15.4 Å². The lowest BCUT2D eigenvalue weighted by Crippen LogP contribution is -2.48. The summed E-state index contributed by atoms with van der Waals surface area (Å²) in [4.78, 5) is 29.0. The lowest BCUT2D eigenvalue weighted by molar-refractivity contribution is -0.127. The summed E-state index contributed by atoms with van der Waals surface area (Å²) in [6.07, 6.45) is -1.46. The zero-order chi connectivity index (χ0) is 36.6. The topological polar surface area (TPSA) is 154 Å². The largest absolute Gasteiger partial charge is 0.492 e. The molecule has 12 heteroatoms. The van der Waals surface area contributed by atoms with Crippen molar-refractivity contribution in [2.75, 3.05) is 37.7 Å². The van der Waals surface area contributed by atoms with E-state index in [0.717, 1.165) is 22.3 Å². The molecule has 4 N–H and O–H groups in total. The van der Waals surface area contributed by atoms with E-state index in [0.29, 0.717) is 51.3 Å². The van der Waals surface area contributed by atoms with Gasteiger partial charge in [-0.2, -0.15) is 0 Å². The van der Waals surface area contributed by atoms with E-state index in [1.54, 1.807) is 20.8 Å². The number of ether oxygens (including phenoxy) is 2. The van der Waals surface area contributed by atoms with E-state index in [9.17, 15) is 28.2 Å². The highest BCUT2D eigenvalue weighted by molar-refractivity contribution is 7.91. The molecule has 11 nitrogen and oxygen atoms in total.